The minimum atomic E-state index is -0.784. The molecular formula is C14H19BrO5. The second kappa shape index (κ2) is 8.11. The molecule has 6 heteroatoms. The fraction of sp³-hybridized carbons (Fsp3) is 0.500. The van der Waals surface area contributed by atoms with Gasteiger partial charge in [0.05, 0.1) is 26.9 Å². The van der Waals surface area contributed by atoms with Crippen molar-refractivity contribution >= 4 is 21.9 Å². The Morgan fingerprint density at radius 2 is 1.90 bits per heavy atom. The van der Waals surface area contributed by atoms with Gasteiger partial charge in [0, 0.05) is 10.9 Å². The Morgan fingerprint density at radius 1 is 1.30 bits per heavy atom. The van der Waals surface area contributed by atoms with Crippen LogP contribution in [0, 0.1) is 0 Å². The zero-order valence-electron chi connectivity index (χ0n) is 11.8. The lowest BCUT2D eigenvalue weighted by Gasteiger charge is -2.16. The molecule has 1 aromatic carbocycles. The van der Waals surface area contributed by atoms with Crippen molar-refractivity contribution in [1.82, 2.24) is 0 Å². The predicted octanol–water partition coefficient (Wildman–Crippen LogP) is 2.84. The van der Waals surface area contributed by atoms with Crippen molar-refractivity contribution in [3.63, 3.8) is 0 Å². The first-order valence-corrected chi connectivity index (χ1v) is 7.07. The van der Waals surface area contributed by atoms with E-state index >= 15 is 0 Å². The van der Waals surface area contributed by atoms with Crippen LogP contribution in [0.3, 0.4) is 0 Å². The molecule has 1 aromatic rings. The minimum absolute atomic E-state index is 0.162. The molecule has 1 rings (SSSR count). The Hall–Kier alpha value is -1.27. The lowest BCUT2D eigenvalue weighted by Crippen LogP contribution is -2.07. The highest BCUT2D eigenvalue weighted by Crippen LogP contribution is 2.37. The summed E-state index contributed by atoms with van der Waals surface area (Å²) in [5, 5.41) is 10.2. The highest BCUT2D eigenvalue weighted by atomic mass is 79.9. The van der Waals surface area contributed by atoms with E-state index in [0.717, 1.165) is 0 Å². The molecule has 0 aliphatic carbocycles. The molecule has 112 valence electrons. The van der Waals surface area contributed by atoms with Crippen LogP contribution in [0.4, 0.5) is 0 Å². The smallest absolute Gasteiger partial charge is 0.305 e. The van der Waals surface area contributed by atoms with Crippen LogP contribution in [0.1, 0.15) is 31.4 Å². The second-order valence-corrected chi connectivity index (χ2v) is 4.94. The van der Waals surface area contributed by atoms with Crippen molar-refractivity contribution in [2.45, 2.75) is 25.9 Å². The zero-order chi connectivity index (χ0) is 15.1. The van der Waals surface area contributed by atoms with Crippen LogP contribution in [0.2, 0.25) is 0 Å². The van der Waals surface area contributed by atoms with Crippen LogP contribution >= 0.6 is 15.9 Å². The lowest BCUT2D eigenvalue weighted by atomic mass is 10.0. The summed E-state index contributed by atoms with van der Waals surface area (Å²) >= 11 is 3.38. The van der Waals surface area contributed by atoms with Crippen LogP contribution in [0.15, 0.2) is 16.6 Å². The van der Waals surface area contributed by atoms with Crippen molar-refractivity contribution in [1.29, 1.82) is 0 Å². The maximum Gasteiger partial charge on any atom is 0.305 e. The van der Waals surface area contributed by atoms with Crippen molar-refractivity contribution in [3.8, 4) is 11.5 Å². The van der Waals surface area contributed by atoms with E-state index in [1.807, 2.05) is 0 Å². The summed E-state index contributed by atoms with van der Waals surface area (Å²) in [6, 6.07) is 3.42. The van der Waals surface area contributed by atoms with E-state index in [9.17, 15) is 9.90 Å². The molecule has 0 radical (unpaired) electrons. The first kappa shape index (κ1) is 16.8. The fourth-order valence-corrected chi connectivity index (χ4v) is 2.36. The summed E-state index contributed by atoms with van der Waals surface area (Å²) in [4.78, 5) is 11.3. The van der Waals surface area contributed by atoms with Gasteiger partial charge in [-0.2, -0.15) is 0 Å². The Labute approximate surface area is 127 Å². The summed E-state index contributed by atoms with van der Waals surface area (Å²) in [6.45, 7) is 2.09. The number of hydrogen-bond acceptors (Lipinski definition) is 5. The fourth-order valence-electron chi connectivity index (χ4n) is 1.77. The molecule has 0 bridgehead atoms. The van der Waals surface area contributed by atoms with Gasteiger partial charge in [-0.15, -0.1) is 0 Å². The van der Waals surface area contributed by atoms with Gasteiger partial charge in [0.15, 0.2) is 11.5 Å². The molecule has 5 nitrogen and oxygen atoms in total. The van der Waals surface area contributed by atoms with Gasteiger partial charge in [0.2, 0.25) is 0 Å². The van der Waals surface area contributed by atoms with Gasteiger partial charge < -0.3 is 19.3 Å². The molecule has 0 aromatic heterocycles. The van der Waals surface area contributed by atoms with Gasteiger partial charge in [-0.25, -0.2) is 0 Å². The molecular weight excluding hydrogens is 328 g/mol. The number of ether oxygens (including phenoxy) is 3. The van der Waals surface area contributed by atoms with E-state index in [1.54, 1.807) is 26.2 Å². The summed E-state index contributed by atoms with van der Waals surface area (Å²) in [5.41, 5.74) is 0.645. The summed E-state index contributed by atoms with van der Waals surface area (Å²) < 4.78 is 15.9. The second-order valence-electron chi connectivity index (χ2n) is 4.09. The van der Waals surface area contributed by atoms with E-state index in [2.05, 4.69) is 15.9 Å². The monoisotopic (exact) mass is 346 g/mol. The molecule has 20 heavy (non-hydrogen) atoms. The number of methoxy groups -OCH3 is 2. The number of carbonyl (C=O) groups is 1. The van der Waals surface area contributed by atoms with E-state index in [1.165, 1.54) is 7.11 Å². The molecule has 1 unspecified atom stereocenters. The Kier molecular flexibility index (Phi) is 6.81. The summed E-state index contributed by atoms with van der Waals surface area (Å²) in [5.74, 6) is 0.782. The molecule has 0 amide bonds. The van der Waals surface area contributed by atoms with Gasteiger partial charge in [-0.3, -0.25) is 4.79 Å². The van der Waals surface area contributed by atoms with Crippen LogP contribution < -0.4 is 9.47 Å². The highest BCUT2D eigenvalue weighted by Gasteiger charge is 2.17. The number of rotatable bonds is 7. The highest BCUT2D eigenvalue weighted by molar-refractivity contribution is 9.10. The third-order valence-corrected chi connectivity index (χ3v) is 3.48. The van der Waals surface area contributed by atoms with Gasteiger partial charge in [0.25, 0.3) is 0 Å². The third-order valence-electron chi connectivity index (χ3n) is 2.79. The average molecular weight is 347 g/mol. The molecule has 0 fully saturated rings. The topological polar surface area (TPSA) is 65.0 Å². The number of carbonyl (C=O) groups excluding carboxylic acids is 1. The zero-order valence-corrected chi connectivity index (χ0v) is 13.4. The van der Waals surface area contributed by atoms with Gasteiger partial charge in [-0.05, 0) is 31.0 Å². The number of hydrogen-bond donors (Lipinski definition) is 1. The molecule has 0 heterocycles. The number of aliphatic hydroxyl groups excluding tert-OH is 1. The first-order chi connectivity index (χ1) is 9.53. The SMILES string of the molecule is CCOC(=O)CCC(O)c1cc(OC)c(OC)cc1Br. The molecule has 1 N–H and O–H groups in total. The lowest BCUT2D eigenvalue weighted by molar-refractivity contribution is -0.143. The van der Waals surface area contributed by atoms with Gasteiger partial charge in [0.1, 0.15) is 0 Å². The molecule has 0 spiro atoms. The number of aliphatic hydroxyl groups is 1. The van der Waals surface area contributed by atoms with Gasteiger partial charge >= 0.3 is 5.97 Å². The Morgan fingerprint density at radius 3 is 2.45 bits per heavy atom. The van der Waals surface area contributed by atoms with Crippen molar-refractivity contribution < 1.29 is 24.1 Å². The minimum Gasteiger partial charge on any atom is -0.493 e. The van der Waals surface area contributed by atoms with Crippen molar-refractivity contribution in [2.24, 2.45) is 0 Å². The third kappa shape index (κ3) is 4.38. The van der Waals surface area contributed by atoms with Gasteiger partial charge in [-0.1, -0.05) is 15.9 Å². The average Bonchev–Trinajstić information content (AvgIpc) is 2.44. The molecule has 0 aliphatic rings. The standard InChI is InChI=1S/C14H19BrO5/c1-4-20-14(17)6-5-11(16)9-7-12(18-2)13(19-3)8-10(9)15/h7-8,11,16H,4-6H2,1-3H3. The maximum atomic E-state index is 11.3. The van der Waals surface area contributed by atoms with Crippen LogP contribution in [0.5, 0.6) is 11.5 Å². The first-order valence-electron chi connectivity index (χ1n) is 6.28. The maximum absolute atomic E-state index is 11.3. The quantitative estimate of drug-likeness (QED) is 0.769. The molecule has 0 aliphatic heterocycles. The van der Waals surface area contributed by atoms with Crippen molar-refractivity contribution in [2.75, 3.05) is 20.8 Å². The number of benzene rings is 1. The molecule has 1 atom stereocenters. The van der Waals surface area contributed by atoms with Crippen LogP contribution in [-0.2, 0) is 9.53 Å². The Bertz CT molecular complexity index is 461. The molecule has 0 saturated carbocycles. The van der Waals surface area contributed by atoms with E-state index in [4.69, 9.17) is 14.2 Å². The van der Waals surface area contributed by atoms with Crippen LogP contribution in [0.25, 0.3) is 0 Å². The normalized spacial score (nSPS) is 11.8. The summed E-state index contributed by atoms with van der Waals surface area (Å²) in [6.07, 6.45) is -0.337. The van der Waals surface area contributed by atoms with Crippen molar-refractivity contribution in [3.05, 3.63) is 22.2 Å². The van der Waals surface area contributed by atoms with Crippen LogP contribution in [-0.4, -0.2) is 31.9 Å². The predicted molar refractivity (Wildman–Crippen MR) is 78.1 cm³/mol. The van der Waals surface area contributed by atoms with E-state index < -0.39 is 6.10 Å². The summed E-state index contributed by atoms with van der Waals surface area (Å²) in [7, 11) is 3.07. The number of esters is 1. The van der Waals surface area contributed by atoms with E-state index in [-0.39, 0.29) is 18.8 Å². The molecule has 0 saturated heterocycles. The van der Waals surface area contributed by atoms with E-state index in [0.29, 0.717) is 28.1 Å². The number of halogens is 1. The largest absolute Gasteiger partial charge is 0.493 e. The Balaban J connectivity index is 2.82.